The van der Waals surface area contributed by atoms with Crippen molar-refractivity contribution < 1.29 is 4.74 Å². The van der Waals surface area contributed by atoms with Gasteiger partial charge in [-0.3, -0.25) is 0 Å². The van der Waals surface area contributed by atoms with Gasteiger partial charge in [-0.15, -0.1) is 11.3 Å². The molecule has 0 aliphatic heterocycles. The van der Waals surface area contributed by atoms with E-state index in [1.807, 2.05) is 29.1 Å². The van der Waals surface area contributed by atoms with Crippen LogP contribution in [0.3, 0.4) is 0 Å². The summed E-state index contributed by atoms with van der Waals surface area (Å²) in [6, 6.07) is 6.20. The zero-order valence-electron chi connectivity index (χ0n) is 10.8. The van der Waals surface area contributed by atoms with E-state index < -0.39 is 0 Å². The van der Waals surface area contributed by atoms with Gasteiger partial charge in [0.2, 0.25) is 0 Å². The molecule has 1 atom stereocenters. The Hall–Kier alpha value is -0.910. The Labute approximate surface area is 125 Å². The first-order valence-corrected chi connectivity index (χ1v) is 7.96. The van der Waals surface area contributed by atoms with E-state index in [-0.39, 0.29) is 6.04 Å². The average Bonchev–Trinajstić information content (AvgIpc) is 2.92. The van der Waals surface area contributed by atoms with Gasteiger partial charge >= 0.3 is 0 Å². The third-order valence-corrected chi connectivity index (χ3v) is 4.30. The number of halogens is 1. The molecule has 2 rings (SSSR count). The lowest BCUT2D eigenvalue weighted by atomic mass is 10.0. The maximum absolute atomic E-state index is 6.00. The quantitative estimate of drug-likeness (QED) is 0.870. The lowest BCUT2D eigenvalue weighted by molar-refractivity contribution is 0.301. The Kier molecular flexibility index (Phi) is 5.36. The summed E-state index contributed by atoms with van der Waals surface area (Å²) < 4.78 is 6.82. The highest BCUT2D eigenvalue weighted by Crippen LogP contribution is 2.24. The zero-order chi connectivity index (χ0) is 13.7. The summed E-state index contributed by atoms with van der Waals surface area (Å²) in [6.45, 7) is 2.60. The summed E-state index contributed by atoms with van der Waals surface area (Å²) in [5, 5.41) is 1.99. The molecule has 19 heavy (non-hydrogen) atoms. The number of nitrogens with zero attached hydrogens (tertiary/aromatic N) is 1. The number of aromatic nitrogens is 1. The van der Waals surface area contributed by atoms with Crippen molar-refractivity contribution in [1.82, 2.24) is 4.98 Å². The number of nitrogens with two attached hydrogens (primary N) is 1. The Balaban J connectivity index is 2.03. The Morgan fingerprint density at radius 1 is 1.47 bits per heavy atom. The van der Waals surface area contributed by atoms with Crippen LogP contribution in [0.1, 0.15) is 24.6 Å². The van der Waals surface area contributed by atoms with E-state index >= 15 is 0 Å². The molecule has 1 heterocycles. The number of hydrogen-bond acceptors (Lipinski definition) is 4. The van der Waals surface area contributed by atoms with Gasteiger partial charge in [0.05, 0.1) is 11.2 Å². The molecule has 0 aliphatic rings. The molecule has 5 heteroatoms. The molecule has 2 aromatic rings. The van der Waals surface area contributed by atoms with Crippen molar-refractivity contribution in [2.45, 2.75) is 32.4 Å². The molecule has 0 radical (unpaired) electrons. The minimum Gasteiger partial charge on any atom is -0.487 e. The fourth-order valence-electron chi connectivity index (χ4n) is 1.69. The topological polar surface area (TPSA) is 48.1 Å². The first kappa shape index (κ1) is 14.5. The largest absolute Gasteiger partial charge is 0.487 e. The highest BCUT2D eigenvalue weighted by molar-refractivity contribution is 9.10. The Morgan fingerprint density at radius 2 is 2.32 bits per heavy atom. The van der Waals surface area contributed by atoms with Crippen LogP contribution in [0.4, 0.5) is 0 Å². The van der Waals surface area contributed by atoms with Crippen molar-refractivity contribution in [3.63, 3.8) is 0 Å². The first-order valence-electron chi connectivity index (χ1n) is 6.23. The maximum atomic E-state index is 6.00. The third kappa shape index (κ3) is 4.30. The predicted molar refractivity (Wildman–Crippen MR) is 82.6 cm³/mol. The lowest BCUT2D eigenvalue weighted by Gasteiger charge is -2.12. The van der Waals surface area contributed by atoms with Crippen LogP contribution >= 0.6 is 27.3 Å². The summed E-state index contributed by atoms with van der Waals surface area (Å²) in [4.78, 5) is 4.20. The van der Waals surface area contributed by atoms with Crippen molar-refractivity contribution in [3.05, 3.63) is 44.8 Å². The van der Waals surface area contributed by atoms with Crippen molar-refractivity contribution in [3.8, 4) is 5.75 Å². The summed E-state index contributed by atoms with van der Waals surface area (Å²) in [5.41, 5.74) is 9.96. The molecule has 1 unspecified atom stereocenters. The number of thiazole rings is 1. The van der Waals surface area contributed by atoms with E-state index in [1.54, 1.807) is 11.3 Å². The van der Waals surface area contributed by atoms with E-state index in [0.29, 0.717) is 6.61 Å². The van der Waals surface area contributed by atoms with E-state index in [0.717, 1.165) is 28.8 Å². The molecule has 2 N–H and O–H groups in total. The average molecular weight is 341 g/mol. The molecule has 0 amide bonds. The summed E-state index contributed by atoms with van der Waals surface area (Å²) in [7, 11) is 0. The minimum absolute atomic E-state index is 0.185. The summed E-state index contributed by atoms with van der Waals surface area (Å²) in [6.07, 6.45) is 1.82. The number of ether oxygens (including phenoxy) is 1. The molecule has 102 valence electrons. The third-order valence-electron chi connectivity index (χ3n) is 2.89. The highest BCUT2D eigenvalue weighted by atomic mass is 79.9. The fraction of sp³-hybridized carbons (Fsp3) is 0.357. The van der Waals surface area contributed by atoms with Gasteiger partial charge in [-0.1, -0.05) is 22.9 Å². The van der Waals surface area contributed by atoms with E-state index in [1.165, 1.54) is 5.56 Å². The Morgan fingerprint density at radius 3 is 3.00 bits per heavy atom. The van der Waals surface area contributed by atoms with Gasteiger partial charge in [0, 0.05) is 15.9 Å². The molecule has 0 saturated heterocycles. The number of hydrogen-bond donors (Lipinski definition) is 1. The van der Waals surface area contributed by atoms with E-state index in [9.17, 15) is 0 Å². The molecule has 0 spiro atoms. The fourth-order valence-corrected chi connectivity index (χ4v) is 2.64. The highest BCUT2D eigenvalue weighted by Gasteiger charge is 2.07. The van der Waals surface area contributed by atoms with E-state index in [4.69, 9.17) is 10.5 Å². The van der Waals surface area contributed by atoms with Crippen LogP contribution in [0.15, 0.2) is 33.6 Å². The van der Waals surface area contributed by atoms with Gasteiger partial charge < -0.3 is 10.5 Å². The molecular formula is C14H17BrN2OS. The molecule has 0 saturated carbocycles. The van der Waals surface area contributed by atoms with Crippen LogP contribution in [-0.2, 0) is 13.0 Å². The summed E-state index contributed by atoms with van der Waals surface area (Å²) in [5.74, 6) is 0.856. The van der Waals surface area contributed by atoms with Gasteiger partial charge in [-0.25, -0.2) is 4.98 Å². The van der Waals surface area contributed by atoms with Gasteiger partial charge in [0.15, 0.2) is 0 Å². The smallest absolute Gasteiger partial charge is 0.131 e. The van der Waals surface area contributed by atoms with Crippen LogP contribution in [0.5, 0.6) is 5.75 Å². The lowest BCUT2D eigenvalue weighted by Crippen LogP contribution is -2.21. The van der Waals surface area contributed by atoms with Gasteiger partial charge in [0.1, 0.15) is 12.4 Å². The molecule has 3 nitrogen and oxygen atoms in total. The predicted octanol–water partition coefficient (Wildman–Crippen LogP) is 3.76. The standard InChI is InChI=1S/C14H17BrN2OS/c1-2-11(16)5-10-6-13(3-4-14(10)15)18-7-12-8-19-9-17-12/h3-4,6,8-9,11H,2,5,7,16H2,1H3. The second-order valence-electron chi connectivity index (χ2n) is 4.39. The number of rotatable bonds is 6. The van der Waals surface area contributed by atoms with Gasteiger partial charge in [-0.2, -0.15) is 0 Å². The van der Waals surface area contributed by atoms with Crippen LogP contribution < -0.4 is 10.5 Å². The monoisotopic (exact) mass is 340 g/mol. The molecule has 1 aromatic carbocycles. The molecule has 0 bridgehead atoms. The minimum atomic E-state index is 0.185. The SMILES string of the molecule is CCC(N)Cc1cc(OCc2cscn2)ccc1Br. The van der Waals surface area contributed by atoms with Gasteiger partial charge in [0.25, 0.3) is 0 Å². The zero-order valence-corrected chi connectivity index (χ0v) is 13.2. The Bertz CT molecular complexity index is 516. The maximum Gasteiger partial charge on any atom is 0.131 e. The molecular weight excluding hydrogens is 324 g/mol. The summed E-state index contributed by atoms with van der Waals surface area (Å²) >= 11 is 5.13. The first-order chi connectivity index (χ1) is 9.19. The second kappa shape index (κ2) is 7.03. The van der Waals surface area contributed by atoms with Crippen molar-refractivity contribution in [2.75, 3.05) is 0 Å². The molecule has 1 aromatic heterocycles. The van der Waals surface area contributed by atoms with Crippen LogP contribution in [0, 0.1) is 0 Å². The van der Waals surface area contributed by atoms with Crippen molar-refractivity contribution in [1.29, 1.82) is 0 Å². The molecule has 0 fully saturated rings. The van der Waals surface area contributed by atoms with Crippen LogP contribution in [0.2, 0.25) is 0 Å². The van der Waals surface area contributed by atoms with Crippen LogP contribution in [-0.4, -0.2) is 11.0 Å². The van der Waals surface area contributed by atoms with E-state index in [2.05, 4.69) is 27.8 Å². The normalized spacial score (nSPS) is 12.4. The van der Waals surface area contributed by atoms with Crippen LogP contribution in [0.25, 0.3) is 0 Å². The second-order valence-corrected chi connectivity index (χ2v) is 5.97. The van der Waals surface area contributed by atoms with Gasteiger partial charge in [-0.05, 0) is 36.6 Å². The van der Waals surface area contributed by atoms with Crippen molar-refractivity contribution >= 4 is 27.3 Å². The number of benzene rings is 1. The van der Waals surface area contributed by atoms with Crippen molar-refractivity contribution in [2.24, 2.45) is 5.73 Å². The molecule has 0 aliphatic carbocycles.